The van der Waals surface area contributed by atoms with E-state index in [2.05, 4.69) is 20.9 Å². The van der Waals surface area contributed by atoms with E-state index in [4.69, 9.17) is 5.11 Å². The first-order chi connectivity index (χ1) is 7.41. The van der Waals surface area contributed by atoms with E-state index >= 15 is 0 Å². The zero-order valence-corrected chi connectivity index (χ0v) is 9.38. The summed E-state index contributed by atoms with van der Waals surface area (Å²) in [4.78, 5) is 3.71. The van der Waals surface area contributed by atoms with Crippen molar-refractivity contribution in [1.82, 2.24) is 9.38 Å². The minimum atomic E-state index is -4.47. The molecule has 0 aromatic carbocycles. The standard InChI is InChI=1S/C9H6BrF3N2O/c10-5-1-7(9(11,12)13)8-14-6(4-16)3-15(8)2-5/h1-3,16H,4H2. The predicted octanol–water partition coefficient (Wildman–Crippen LogP) is 2.61. The van der Waals surface area contributed by atoms with Crippen molar-refractivity contribution < 1.29 is 18.3 Å². The monoisotopic (exact) mass is 294 g/mol. The highest BCUT2D eigenvalue weighted by molar-refractivity contribution is 9.10. The van der Waals surface area contributed by atoms with Crippen LogP contribution in [0.5, 0.6) is 0 Å². The summed E-state index contributed by atoms with van der Waals surface area (Å²) in [6.45, 7) is -0.392. The Bertz CT molecular complexity index is 535. The van der Waals surface area contributed by atoms with Gasteiger partial charge in [-0.05, 0) is 22.0 Å². The smallest absolute Gasteiger partial charge is 0.390 e. The van der Waals surface area contributed by atoms with E-state index in [1.807, 2.05) is 0 Å². The van der Waals surface area contributed by atoms with Gasteiger partial charge >= 0.3 is 6.18 Å². The molecule has 2 aromatic rings. The number of aliphatic hydroxyl groups is 1. The number of alkyl halides is 3. The van der Waals surface area contributed by atoms with Crippen LogP contribution >= 0.6 is 15.9 Å². The summed E-state index contributed by atoms with van der Waals surface area (Å²) in [5.41, 5.74) is -0.843. The van der Waals surface area contributed by atoms with Crippen molar-refractivity contribution in [2.75, 3.05) is 0 Å². The molecule has 0 spiro atoms. The molecule has 2 rings (SSSR count). The van der Waals surface area contributed by atoms with Crippen LogP contribution in [0.2, 0.25) is 0 Å². The molecule has 0 bridgehead atoms. The number of hydrogen-bond donors (Lipinski definition) is 1. The third kappa shape index (κ3) is 1.92. The fourth-order valence-corrected chi connectivity index (χ4v) is 1.85. The van der Waals surface area contributed by atoms with Crippen LogP contribution in [0, 0.1) is 0 Å². The molecule has 0 saturated carbocycles. The van der Waals surface area contributed by atoms with Gasteiger partial charge in [0, 0.05) is 16.9 Å². The van der Waals surface area contributed by atoms with Crippen molar-refractivity contribution in [1.29, 1.82) is 0 Å². The number of halogens is 4. The zero-order chi connectivity index (χ0) is 11.9. The maximum Gasteiger partial charge on any atom is 0.420 e. The summed E-state index contributed by atoms with van der Waals surface area (Å²) in [7, 11) is 0. The number of rotatable bonds is 1. The molecule has 0 atom stereocenters. The fourth-order valence-electron chi connectivity index (χ4n) is 1.40. The first kappa shape index (κ1) is 11.4. The Morgan fingerprint density at radius 2 is 2.06 bits per heavy atom. The van der Waals surface area contributed by atoms with Gasteiger partial charge in [-0.2, -0.15) is 13.2 Å². The van der Waals surface area contributed by atoms with Gasteiger partial charge in [0.05, 0.1) is 17.9 Å². The van der Waals surface area contributed by atoms with Gasteiger partial charge in [0.1, 0.15) is 5.65 Å². The third-order valence-corrected chi connectivity index (χ3v) is 2.47. The van der Waals surface area contributed by atoms with E-state index in [1.54, 1.807) is 0 Å². The molecule has 0 unspecified atom stereocenters. The predicted molar refractivity (Wildman–Crippen MR) is 53.8 cm³/mol. The highest BCUT2D eigenvalue weighted by atomic mass is 79.9. The van der Waals surface area contributed by atoms with Crippen LogP contribution in [0.25, 0.3) is 5.65 Å². The fraction of sp³-hybridized carbons (Fsp3) is 0.222. The lowest BCUT2D eigenvalue weighted by Crippen LogP contribution is -2.07. The lowest BCUT2D eigenvalue weighted by atomic mass is 10.2. The normalized spacial score (nSPS) is 12.3. The molecule has 0 saturated heterocycles. The molecular weight excluding hydrogens is 289 g/mol. The number of hydrogen-bond acceptors (Lipinski definition) is 2. The van der Waals surface area contributed by atoms with Gasteiger partial charge in [0.15, 0.2) is 0 Å². The number of nitrogens with zero attached hydrogens (tertiary/aromatic N) is 2. The molecule has 7 heteroatoms. The molecule has 0 amide bonds. The molecule has 0 fully saturated rings. The van der Waals surface area contributed by atoms with Crippen molar-refractivity contribution in [2.45, 2.75) is 12.8 Å². The molecule has 3 nitrogen and oxygen atoms in total. The molecule has 0 aliphatic heterocycles. The lowest BCUT2D eigenvalue weighted by molar-refractivity contribution is -0.136. The average molecular weight is 295 g/mol. The Morgan fingerprint density at radius 3 is 2.62 bits per heavy atom. The highest BCUT2D eigenvalue weighted by Gasteiger charge is 2.34. The zero-order valence-electron chi connectivity index (χ0n) is 7.79. The van der Waals surface area contributed by atoms with Crippen LogP contribution in [0.4, 0.5) is 13.2 Å². The van der Waals surface area contributed by atoms with E-state index in [9.17, 15) is 13.2 Å². The summed E-state index contributed by atoms with van der Waals surface area (Å²) in [6.07, 6.45) is -1.66. The van der Waals surface area contributed by atoms with Crippen molar-refractivity contribution in [2.24, 2.45) is 0 Å². The maximum atomic E-state index is 12.7. The Labute approximate surface area is 96.7 Å². The molecule has 0 aliphatic rings. The quantitative estimate of drug-likeness (QED) is 0.878. The highest BCUT2D eigenvalue weighted by Crippen LogP contribution is 2.33. The first-order valence-electron chi connectivity index (χ1n) is 4.27. The van der Waals surface area contributed by atoms with Crippen LogP contribution in [0.1, 0.15) is 11.3 Å². The minimum absolute atomic E-state index is 0.198. The molecule has 2 heterocycles. The average Bonchev–Trinajstić information content (AvgIpc) is 2.57. The van der Waals surface area contributed by atoms with Crippen molar-refractivity contribution in [3.8, 4) is 0 Å². The van der Waals surface area contributed by atoms with Crippen LogP contribution in [-0.4, -0.2) is 14.5 Å². The lowest BCUT2D eigenvalue weighted by Gasteiger charge is -2.08. The Kier molecular flexibility index (Phi) is 2.67. The Balaban J connectivity index is 2.76. The number of aromatic nitrogens is 2. The second kappa shape index (κ2) is 3.74. The summed E-state index contributed by atoms with van der Waals surface area (Å²) in [5.74, 6) is 0. The summed E-state index contributed by atoms with van der Waals surface area (Å²) in [6, 6.07) is 0.962. The van der Waals surface area contributed by atoms with Gasteiger partial charge in [0.25, 0.3) is 0 Å². The van der Waals surface area contributed by atoms with Crippen LogP contribution in [-0.2, 0) is 12.8 Å². The first-order valence-corrected chi connectivity index (χ1v) is 5.06. The van der Waals surface area contributed by atoms with E-state index in [-0.39, 0.29) is 11.3 Å². The summed E-state index contributed by atoms with van der Waals surface area (Å²) < 4.78 is 39.6. The van der Waals surface area contributed by atoms with Crippen molar-refractivity contribution >= 4 is 21.6 Å². The molecular formula is C9H6BrF3N2O. The van der Waals surface area contributed by atoms with E-state index < -0.39 is 18.3 Å². The summed E-state index contributed by atoms with van der Waals surface area (Å²) in [5, 5.41) is 8.83. The largest absolute Gasteiger partial charge is 0.420 e. The van der Waals surface area contributed by atoms with Gasteiger partial charge in [-0.3, -0.25) is 0 Å². The van der Waals surface area contributed by atoms with Crippen LogP contribution in [0.15, 0.2) is 22.9 Å². The molecule has 0 radical (unpaired) electrons. The van der Waals surface area contributed by atoms with Gasteiger partial charge in [0.2, 0.25) is 0 Å². The maximum absolute atomic E-state index is 12.7. The Morgan fingerprint density at radius 1 is 1.38 bits per heavy atom. The third-order valence-electron chi connectivity index (χ3n) is 2.04. The van der Waals surface area contributed by atoms with Gasteiger partial charge in [-0.1, -0.05) is 0 Å². The van der Waals surface area contributed by atoms with Crippen LogP contribution in [0.3, 0.4) is 0 Å². The molecule has 86 valence electrons. The number of pyridine rings is 1. The van der Waals surface area contributed by atoms with Crippen molar-refractivity contribution in [3.63, 3.8) is 0 Å². The topological polar surface area (TPSA) is 37.5 Å². The molecule has 1 N–H and O–H groups in total. The second-order valence-electron chi connectivity index (χ2n) is 3.19. The van der Waals surface area contributed by atoms with Gasteiger partial charge < -0.3 is 9.51 Å². The van der Waals surface area contributed by atoms with Crippen molar-refractivity contribution in [3.05, 3.63) is 34.2 Å². The van der Waals surface area contributed by atoms with E-state index in [0.717, 1.165) is 6.07 Å². The van der Waals surface area contributed by atoms with Gasteiger partial charge in [-0.25, -0.2) is 4.98 Å². The Hall–Kier alpha value is -1.08. The SMILES string of the molecule is OCc1cn2cc(Br)cc(C(F)(F)F)c2n1. The number of fused-ring (bicyclic) bond motifs is 1. The van der Waals surface area contributed by atoms with E-state index in [1.165, 1.54) is 16.8 Å². The second-order valence-corrected chi connectivity index (χ2v) is 4.11. The van der Waals surface area contributed by atoms with Crippen LogP contribution < -0.4 is 0 Å². The molecule has 0 aliphatic carbocycles. The summed E-state index contributed by atoms with van der Waals surface area (Å²) >= 11 is 3.00. The molecule has 2 aromatic heterocycles. The van der Waals surface area contributed by atoms with E-state index in [0.29, 0.717) is 4.47 Å². The van der Waals surface area contributed by atoms with Gasteiger partial charge in [-0.15, -0.1) is 0 Å². The number of aliphatic hydroxyl groups excluding tert-OH is 1. The molecule has 16 heavy (non-hydrogen) atoms. The number of imidazole rings is 1. The minimum Gasteiger partial charge on any atom is -0.390 e.